The van der Waals surface area contributed by atoms with Crippen LogP contribution in [0.25, 0.3) is 11.1 Å². The molecule has 10 heteroatoms. The maximum absolute atomic E-state index is 14.7. The Labute approximate surface area is 152 Å². The van der Waals surface area contributed by atoms with Crippen LogP contribution in [0.4, 0.5) is 43.9 Å². The van der Waals surface area contributed by atoms with Gasteiger partial charge >= 0.3 is 24.2 Å². The Hall–Kier alpha value is -2.26. The Morgan fingerprint density at radius 2 is 1.21 bits per heavy atom. The number of halogens is 10. The monoisotopic (exact) mass is 417 g/mol. The van der Waals surface area contributed by atoms with Crippen LogP contribution in [0.2, 0.25) is 0 Å². The van der Waals surface area contributed by atoms with Crippen LogP contribution in [-0.4, -0.2) is 12.4 Å². The van der Waals surface area contributed by atoms with Gasteiger partial charge in [0.2, 0.25) is 0 Å². The summed E-state index contributed by atoms with van der Waals surface area (Å²) in [5.74, 6) is 0. The minimum atomic E-state index is -6.46. The van der Waals surface area contributed by atoms with E-state index in [0.717, 1.165) is 26.0 Å². The summed E-state index contributed by atoms with van der Waals surface area (Å²) in [4.78, 5) is 0. The van der Waals surface area contributed by atoms with E-state index in [-0.39, 0.29) is 11.6 Å². The molecule has 2 aromatic carbocycles. The van der Waals surface area contributed by atoms with Crippen molar-refractivity contribution < 1.29 is 43.9 Å². The summed E-state index contributed by atoms with van der Waals surface area (Å²) >= 11 is 0. The molecule has 0 nitrogen and oxygen atoms in total. The summed E-state index contributed by atoms with van der Waals surface area (Å²) in [6.45, 7) is 2.02. The molecule has 153 valence electrons. The molecular formula is C18H11F10. The van der Waals surface area contributed by atoms with Crippen molar-refractivity contribution in [3.8, 4) is 11.1 Å². The first kappa shape index (κ1) is 22.0. The highest BCUT2D eigenvalue weighted by Crippen LogP contribution is 2.56. The van der Waals surface area contributed by atoms with E-state index in [9.17, 15) is 43.9 Å². The summed E-state index contributed by atoms with van der Waals surface area (Å²) in [6, 6.07) is 5.66. The number of hydrogen-bond acceptors (Lipinski definition) is 0. The van der Waals surface area contributed by atoms with Crippen LogP contribution in [0.1, 0.15) is 22.3 Å². The standard InChI is InChI=1S/C18H11F10/c1-9-7-10(2)14(11-5-3-4-6-12(11)16(20,21)22)13(8-9)15(19,17(23,24)25)18(26,27)28/h3-6,8H,1-2H3. The molecule has 1 radical (unpaired) electrons. The first-order valence-electron chi connectivity index (χ1n) is 7.54. The summed E-state index contributed by atoms with van der Waals surface area (Å²) in [6.07, 6.45) is -18.0. The average Bonchev–Trinajstić information content (AvgIpc) is 2.50. The van der Waals surface area contributed by atoms with Crippen LogP contribution in [-0.2, 0) is 11.8 Å². The van der Waals surface area contributed by atoms with Gasteiger partial charge in [0.15, 0.2) is 0 Å². The molecular weight excluding hydrogens is 406 g/mol. The number of benzene rings is 2. The van der Waals surface area contributed by atoms with Crippen molar-refractivity contribution in [3.05, 3.63) is 58.7 Å². The molecule has 0 heterocycles. The number of alkyl halides is 10. The molecule has 0 saturated heterocycles. The Bertz CT molecular complexity index is 857. The number of rotatable bonds is 2. The molecule has 0 N–H and O–H groups in total. The van der Waals surface area contributed by atoms with Gasteiger partial charge in [-0.15, -0.1) is 0 Å². The van der Waals surface area contributed by atoms with Crippen LogP contribution in [0.15, 0.2) is 30.3 Å². The van der Waals surface area contributed by atoms with Crippen molar-refractivity contribution in [1.29, 1.82) is 0 Å². The Morgan fingerprint density at radius 1 is 0.714 bits per heavy atom. The van der Waals surface area contributed by atoms with E-state index >= 15 is 0 Å². The van der Waals surface area contributed by atoms with Gasteiger partial charge in [0.1, 0.15) is 0 Å². The molecule has 0 aliphatic carbocycles. The molecule has 0 spiro atoms. The molecule has 28 heavy (non-hydrogen) atoms. The zero-order valence-corrected chi connectivity index (χ0v) is 14.2. The average molecular weight is 417 g/mol. The van der Waals surface area contributed by atoms with Crippen LogP contribution in [0, 0.1) is 19.9 Å². The Morgan fingerprint density at radius 3 is 1.68 bits per heavy atom. The molecule has 2 rings (SSSR count). The van der Waals surface area contributed by atoms with E-state index < -0.39 is 52.0 Å². The first-order valence-corrected chi connectivity index (χ1v) is 7.54. The van der Waals surface area contributed by atoms with Crippen molar-refractivity contribution in [2.24, 2.45) is 0 Å². The summed E-state index contributed by atoms with van der Waals surface area (Å²) < 4.78 is 134. The third kappa shape index (κ3) is 3.56. The van der Waals surface area contributed by atoms with Crippen molar-refractivity contribution >= 4 is 0 Å². The van der Waals surface area contributed by atoms with Crippen molar-refractivity contribution in [2.45, 2.75) is 38.0 Å². The summed E-state index contributed by atoms with van der Waals surface area (Å²) in [7, 11) is 0. The molecule has 0 saturated carbocycles. The second-order valence-electron chi connectivity index (χ2n) is 6.06. The van der Waals surface area contributed by atoms with Crippen LogP contribution >= 0.6 is 0 Å². The molecule has 2 aromatic rings. The van der Waals surface area contributed by atoms with Gasteiger partial charge in [-0.2, -0.15) is 39.5 Å². The lowest BCUT2D eigenvalue weighted by molar-refractivity contribution is -0.348. The highest BCUT2D eigenvalue weighted by Gasteiger charge is 2.74. The topological polar surface area (TPSA) is 0 Å². The Kier molecular flexibility index (Phi) is 5.24. The van der Waals surface area contributed by atoms with E-state index in [1.807, 2.05) is 0 Å². The minimum Gasteiger partial charge on any atom is -0.218 e. The van der Waals surface area contributed by atoms with Crippen LogP contribution in [0.3, 0.4) is 0 Å². The highest BCUT2D eigenvalue weighted by atomic mass is 19.4. The fourth-order valence-corrected chi connectivity index (χ4v) is 2.92. The van der Waals surface area contributed by atoms with E-state index in [1.54, 1.807) is 0 Å². The van der Waals surface area contributed by atoms with Gasteiger partial charge in [0.25, 0.3) is 0 Å². The van der Waals surface area contributed by atoms with E-state index in [1.165, 1.54) is 0 Å². The molecule has 0 unspecified atom stereocenters. The zero-order chi connectivity index (χ0) is 21.7. The quantitative estimate of drug-likeness (QED) is 0.458. The summed E-state index contributed by atoms with van der Waals surface area (Å²) in [5, 5.41) is 0. The fraction of sp³-hybridized carbons (Fsp3) is 0.333. The third-order valence-corrected chi connectivity index (χ3v) is 4.04. The third-order valence-electron chi connectivity index (χ3n) is 4.04. The molecule has 0 atom stereocenters. The molecule has 0 fully saturated rings. The largest absolute Gasteiger partial charge is 0.435 e. The van der Waals surface area contributed by atoms with Gasteiger partial charge in [0.05, 0.1) is 5.56 Å². The second-order valence-corrected chi connectivity index (χ2v) is 6.06. The maximum Gasteiger partial charge on any atom is 0.435 e. The predicted molar refractivity (Wildman–Crippen MR) is 80.1 cm³/mol. The lowest BCUT2D eigenvalue weighted by Gasteiger charge is -2.33. The van der Waals surface area contributed by atoms with Gasteiger partial charge in [-0.25, -0.2) is 4.39 Å². The fourth-order valence-electron chi connectivity index (χ4n) is 2.92. The number of aryl methyl sites for hydroxylation is 2. The molecule has 0 aromatic heterocycles. The van der Waals surface area contributed by atoms with Crippen molar-refractivity contribution in [1.82, 2.24) is 0 Å². The Balaban J connectivity index is 3.03. The predicted octanol–water partition coefficient (Wildman–Crippen LogP) is 7.08. The van der Waals surface area contributed by atoms with Gasteiger partial charge < -0.3 is 0 Å². The molecule has 0 aliphatic rings. The lowest BCUT2D eigenvalue weighted by Crippen LogP contribution is -2.50. The van der Waals surface area contributed by atoms with E-state index in [2.05, 4.69) is 6.07 Å². The van der Waals surface area contributed by atoms with Gasteiger partial charge in [-0.1, -0.05) is 24.3 Å². The molecule has 0 bridgehead atoms. The van der Waals surface area contributed by atoms with Crippen LogP contribution in [0.5, 0.6) is 0 Å². The second kappa shape index (κ2) is 6.66. The molecule has 0 amide bonds. The smallest absolute Gasteiger partial charge is 0.218 e. The van der Waals surface area contributed by atoms with E-state index in [0.29, 0.717) is 12.1 Å². The first-order chi connectivity index (χ1) is 12.5. The molecule has 0 aliphatic heterocycles. The normalized spacial score (nSPS) is 13.7. The van der Waals surface area contributed by atoms with Crippen molar-refractivity contribution in [2.75, 3.05) is 0 Å². The van der Waals surface area contributed by atoms with Gasteiger partial charge in [-0.05, 0) is 48.2 Å². The highest BCUT2D eigenvalue weighted by molar-refractivity contribution is 5.76. The zero-order valence-electron chi connectivity index (χ0n) is 14.2. The SMILES string of the molecule is Cc1[c]c(C)c(-c2ccccc2C(F)(F)F)c(C(F)(C(F)(F)F)C(F)(F)F)c1. The maximum atomic E-state index is 14.7. The van der Waals surface area contributed by atoms with Crippen molar-refractivity contribution in [3.63, 3.8) is 0 Å². The van der Waals surface area contributed by atoms with E-state index in [4.69, 9.17) is 0 Å². The summed E-state index contributed by atoms with van der Waals surface area (Å²) in [5.41, 5.74) is -12.3. The lowest BCUT2D eigenvalue weighted by atomic mass is 9.82. The van der Waals surface area contributed by atoms with Crippen LogP contribution < -0.4 is 0 Å². The number of hydrogen-bond donors (Lipinski definition) is 0. The van der Waals surface area contributed by atoms with Gasteiger partial charge in [-0.3, -0.25) is 0 Å². The van der Waals surface area contributed by atoms with Gasteiger partial charge in [0, 0.05) is 5.56 Å². The minimum absolute atomic E-state index is 0.219.